The summed E-state index contributed by atoms with van der Waals surface area (Å²) in [5.74, 6) is 0.349. The highest BCUT2D eigenvalue weighted by Crippen LogP contribution is 2.21. The van der Waals surface area contributed by atoms with Crippen LogP contribution in [0.15, 0.2) is 72.8 Å². The van der Waals surface area contributed by atoms with E-state index in [0.29, 0.717) is 39.0 Å². The minimum Gasteiger partial charge on any atom is -0.482 e. The highest BCUT2D eigenvalue weighted by atomic mass is 35.5. The Bertz CT molecular complexity index is 1000. The van der Waals surface area contributed by atoms with E-state index in [4.69, 9.17) is 39.5 Å². The summed E-state index contributed by atoms with van der Waals surface area (Å²) in [5.41, 5.74) is 1.59. The lowest BCUT2D eigenvalue weighted by Gasteiger charge is -2.17. The van der Waals surface area contributed by atoms with Crippen molar-refractivity contribution < 1.29 is 14.3 Å². The van der Waals surface area contributed by atoms with Crippen LogP contribution in [0.5, 0.6) is 5.75 Å². The van der Waals surface area contributed by atoms with Gasteiger partial charge >= 0.3 is 0 Å². The third kappa shape index (κ3) is 5.99. The van der Waals surface area contributed by atoms with Crippen LogP contribution in [0.25, 0.3) is 0 Å². The smallest absolute Gasteiger partial charge is 0.255 e. The van der Waals surface area contributed by atoms with Gasteiger partial charge in [-0.3, -0.25) is 9.59 Å². The van der Waals surface area contributed by atoms with E-state index in [-0.39, 0.29) is 17.6 Å². The number of carbonyl (C=O) groups excluding carboxylic acids is 2. The zero-order valence-corrected chi connectivity index (χ0v) is 18.0. The number of benzene rings is 3. The number of carbonyl (C=O) groups is 2. The van der Waals surface area contributed by atoms with Gasteiger partial charge in [-0.25, -0.2) is 0 Å². The summed E-state index contributed by atoms with van der Waals surface area (Å²) in [6.07, 6.45) is -0.365. The first-order chi connectivity index (χ1) is 14.5. The molecule has 0 aromatic heterocycles. The molecule has 0 saturated carbocycles. The van der Waals surface area contributed by atoms with E-state index in [2.05, 4.69) is 5.32 Å². The maximum absolute atomic E-state index is 12.8. The molecule has 1 unspecified atom stereocenters. The highest BCUT2D eigenvalue weighted by molar-refractivity contribution is 6.31. The van der Waals surface area contributed by atoms with Gasteiger partial charge in [-0.1, -0.05) is 23.2 Å². The maximum atomic E-state index is 12.8. The molecule has 1 amide bonds. The first-order valence-corrected chi connectivity index (χ1v) is 10.4. The van der Waals surface area contributed by atoms with Crippen molar-refractivity contribution in [1.29, 1.82) is 0 Å². The van der Waals surface area contributed by atoms with E-state index in [0.717, 1.165) is 0 Å². The van der Waals surface area contributed by atoms with Crippen molar-refractivity contribution in [2.75, 3.05) is 11.2 Å². The number of Topliss-reactive ketones (excluding diaryl/α,β-unsaturated/α-hetero) is 1. The molecule has 0 fully saturated rings. The molecule has 3 aromatic rings. The molecular formula is C23H18Cl3NO3. The Morgan fingerprint density at radius 3 is 1.87 bits per heavy atom. The van der Waals surface area contributed by atoms with Crippen molar-refractivity contribution in [2.45, 2.75) is 12.5 Å². The fourth-order valence-electron chi connectivity index (χ4n) is 2.73. The third-order valence-electron chi connectivity index (χ3n) is 4.29. The van der Waals surface area contributed by atoms with E-state index in [9.17, 15) is 9.59 Å². The van der Waals surface area contributed by atoms with E-state index >= 15 is 0 Å². The minimum absolute atomic E-state index is 0.174. The van der Waals surface area contributed by atoms with Gasteiger partial charge in [0.25, 0.3) is 5.91 Å². The number of hydrogen-bond acceptors (Lipinski definition) is 3. The van der Waals surface area contributed by atoms with Crippen molar-refractivity contribution in [3.05, 3.63) is 94.0 Å². The van der Waals surface area contributed by atoms with Gasteiger partial charge in [0.2, 0.25) is 5.78 Å². The molecule has 0 aliphatic heterocycles. The standard InChI is InChI=1S/C23H18Cl3NO3/c24-14-13-21(22(28)15-1-5-17(25)6-2-15)30-20-11-9-19(10-12-20)27-23(29)16-3-7-18(26)8-4-16/h1-12,21H,13-14H2,(H,27,29). The summed E-state index contributed by atoms with van der Waals surface area (Å²) < 4.78 is 5.86. The van der Waals surface area contributed by atoms with Gasteiger partial charge < -0.3 is 10.1 Å². The molecule has 1 atom stereocenters. The normalized spacial score (nSPS) is 11.6. The summed E-state index contributed by atoms with van der Waals surface area (Å²) in [6.45, 7) is 0. The minimum atomic E-state index is -0.724. The van der Waals surface area contributed by atoms with Crippen LogP contribution in [-0.2, 0) is 0 Å². The van der Waals surface area contributed by atoms with Gasteiger partial charge in [-0.05, 0) is 72.8 Å². The number of rotatable bonds is 8. The van der Waals surface area contributed by atoms with Gasteiger partial charge in [-0.2, -0.15) is 0 Å². The summed E-state index contributed by atoms with van der Waals surface area (Å²) >= 11 is 17.6. The zero-order chi connectivity index (χ0) is 21.5. The number of alkyl halides is 1. The molecule has 0 radical (unpaired) electrons. The lowest BCUT2D eigenvalue weighted by molar-refractivity contribution is 0.0788. The Balaban J connectivity index is 1.66. The van der Waals surface area contributed by atoms with E-state index < -0.39 is 6.10 Å². The predicted octanol–water partition coefficient (Wildman–Crippen LogP) is 6.50. The van der Waals surface area contributed by atoms with Crippen molar-refractivity contribution in [3.8, 4) is 5.75 Å². The molecule has 0 saturated heterocycles. The van der Waals surface area contributed by atoms with Crippen LogP contribution >= 0.6 is 34.8 Å². The number of amides is 1. The lowest BCUT2D eigenvalue weighted by atomic mass is 10.0. The SMILES string of the molecule is O=C(Nc1ccc(OC(CCCl)C(=O)c2ccc(Cl)cc2)cc1)c1ccc(Cl)cc1. The maximum Gasteiger partial charge on any atom is 0.255 e. The van der Waals surface area contributed by atoms with Gasteiger partial charge in [0.05, 0.1) is 0 Å². The van der Waals surface area contributed by atoms with Crippen LogP contribution < -0.4 is 10.1 Å². The molecule has 0 heterocycles. The molecule has 0 aliphatic rings. The van der Waals surface area contributed by atoms with Crippen molar-refractivity contribution in [3.63, 3.8) is 0 Å². The highest BCUT2D eigenvalue weighted by Gasteiger charge is 2.21. The summed E-state index contributed by atoms with van der Waals surface area (Å²) in [7, 11) is 0. The van der Waals surface area contributed by atoms with Crippen molar-refractivity contribution in [1.82, 2.24) is 0 Å². The topological polar surface area (TPSA) is 55.4 Å². The molecule has 3 rings (SSSR count). The first kappa shape index (κ1) is 22.2. The monoisotopic (exact) mass is 461 g/mol. The number of ketones is 1. The molecule has 4 nitrogen and oxygen atoms in total. The summed E-state index contributed by atoms with van der Waals surface area (Å²) in [4.78, 5) is 25.0. The zero-order valence-electron chi connectivity index (χ0n) is 15.8. The van der Waals surface area contributed by atoms with Gasteiger partial charge in [-0.15, -0.1) is 11.6 Å². The molecule has 3 aromatic carbocycles. The van der Waals surface area contributed by atoms with Crippen LogP contribution in [0.3, 0.4) is 0 Å². The molecule has 1 N–H and O–H groups in total. The largest absolute Gasteiger partial charge is 0.482 e. The predicted molar refractivity (Wildman–Crippen MR) is 121 cm³/mol. The second-order valence-electron chi connectivity index (χ2n) is 6.44. The number of nitrogens with one attached hydrogen (secondary N) is 1. The molecule has 0 spiro atoms. The molecule has 0 aliphatic carbocycles. The van der Waals surface area contributed by atoms with Gasteiger partial charge in [0.1, 0.15) is 5.75 Å². The Morgan fingerprint density at radius 2 is 1.33 bits per heavy atom. The van der Waals surface area contributed by atoms with Crippen LogP contribution in [0.2, 0.25) is 10.0 Å². The first-order valence-electron chi connectivity index (χ1n) is 9.15. The summed E-state index contributed by atoms with van der Waals surface area (Å²) in [5, 5.41) is 3.92. The van der Waals surface area contributed by atoms with Gasteiger partial charge in [0, 0.05) is 39.2 Å². The number of ether oxygens (including phenoxy) is 1. The second kappa shape index (κ2) is 10.5. The lowest BCUT2D eigenvalue weighted by Crippen LogP contribution is -2.28. The van der Waals surface area contributed by atoms with E-state index in [1.165, 1.54) is 0 Å². The fourth-order valence-corrected chi connectivity index (χ4v) is 3.18. The Labute approximate surface area is 189 Å². The number of anilines is 1. The van der Waals surface area contributed by atoms with Crippen LogP contribution in [0.1, 0.15) is 27.1 Å². The fraction of sp³-hybridized carbons (Fsp3) is 0.130. The quantitative estimate of drug-likeness (QED) is 0.307. The molecule has 30 heavy (non-hydrogen) atoms. The van der Waals surface area contributed by atoms with E-state index in [1.807, 2.05) is 0 Å². The van der Waals surface area contributed by atoms with Crippen molar-refractivity contribution >= 4 is 52.2 Å². The average Bonchev–Trinajstić information content (AvgIpc) is 2.75. The average molecular weight is 463 g/mol. The van der Waals surface area contributed by atoms with Crippen LogP contribution in [-0.4, -0.2) is 23.7 Å². The Hall–Kier alpha value is -2.53. The third-order valence-corrected chi connectivity index (χ3v) is 5.01. The Kier molecular flexibility index (Phi) is 7.75. The van der Waals surface area contributed by atoms with E-state index in [1.54, 1.807) is 72.8 Å². The van der Waals surface area contributed by atoms with Crippen LogP contribution in [0.4, 0.5) is 5.69 Å². The number of hydrogen-bond donors (Lipinski definition) is 1. The molecule has 7 heteroatoms. The molecular weight excluding hydrogens is 445 g/mol. The molecule has 0 bridgehead atoms. The van der Waals surface area contributed by atoms with Crippen LogP contribution in [0, 0.1) is 0 Å². The second-order valence-corrected chi connectivity index (χ2v) is 7.69. The molecule has 154 valence electrons. The van der Waals surface area contributed by atoms with Gasteiger partial charge in [0.15, 0.2) is 6.10 Å². The van der Waals surface area contributed by atoms with Crippen molar-refractivity contribution in [2.24, 2.45) is 0 Å². The Morgan fingerprint density at radius 1 is 0.800 bits per heavy atom. The number of halogens is 3. The summed E-state index contributed by atoms with van der Waals surface area (Å²) in [6, 6.07) is 20.0.